The van der Waals surface area contributed by atoms with Gasteiger partial charge in [-0.15, -0.1) is 0 Å². The molecule has 1 nitrogen and oxygen atoms in total. The van der Waals surface area contributed by atoms with Gasteiger partial charge in [0.2, 0.25) is 0 Å². The van der Waals surface area contributed by atoms with E-state index in [1.807, 2.05) is 6.07 Å². The van der Waals surface area contributed by atoms with E-state index < -0.39 is 5.41 Å². The van der Waals surface area contributed by atoms with E-state index in [2.05, 4.69) is 13.0 Å². The van der Waals surface area contributed by atoms with Crippen molar-refractivity contribution in [2.45, 2.75) is 44.9 Å². The minimum atomic E-state index is -0.457. The molecular weight excluding hydrogens is 213 g/mol. The van der Waals surface area contributed by atoms with E-state index in [0.717, 1.165) is 31.2 Å². The summed E-state index contributed by atoms with van der Waals surface area (Å²) in [6, 6.07) is 7.68. The summed E-state index contributed by atoms with van der Waals surface area (Å²) in [4.78, 5) is 0. The van der Waals surface area contributed by atoms with E-state index in [-0.39, 0.29) is 5.82 Å². The predicted octanol–water partition coefficient (Wildman–Crippen LogP) is 4.11. The molecule has 1 saturated carbocycles. The second-order valence-electron chi connectivity index (χ2n) is 5.34. The third-order valence-electron chi connectivity index (χ3n) is 4.07. The van der Waals surface area contributed by atoms with E-state index in [1.165, 1.54) is 0 Å². The Hall–Kier alpha value is -1.36. The molecule has 0 unspecified atom stereocenters. The molecule has 1 aromatic rings. The molecule has 17 heavy (non-hydrogen) atoms. The topological polar surface area (TPSA) is 23.8 Å². The van der Waals surface area contributed by atoms with Crippen molar-refractivity contribution >= 4 is 0 Å². The third kappa shape index (κ3) is 2.20. The first-order chi connectivity index (χ1) is 8.07. The largest absolute Gasteiger partial charge is 0.207 e. The molecule has 0 aromatic heterocycles. The van der Waals surface area contributed by atoms with Crippen LogP contribution in [0.25, 0.3) is 0 Å². The molecule has 0 aliphatic heterocycles. The summed E-state index contributed by atoms with van der Waals surface area (Å²) in [6.07, 6.45) is 3.83. The van der Waals surface area contributed by atoms with E-state index in [1.54, 1.807) is 19.1 Å². The number of aryl methyl sites for hydroxylation is 1. The summed E-state index contributed by atoms with van der Waals surface area (Å²) in [5.41, 5.74) is 1.04. The fourth-order valence-electron chi connectivity index (χ4n) is 2.61. The zero-order valence-corrected chi connectivity index (χ0v) is 10.5. The molecular formula is C15H18FN. The van der Waals surface area contributed by atoms with Gasteiger partial charge in [0.25, 0.3) is 0 Å². The molecule has 2 heteroatoms. The van der Waals surface area contributed by atoms with Crippen LogP contribution in [0.4, 0.5) is 4.39 Å². The number of nitrogens with zero attached hydrogens (tertiary/aromatic N) is 1. The van der Waals surface area contributed by atoms with Gasteiger partial charge >= 0.3 is 0 Å². The average molecular weight is 231 g/mol. The van der Waals surface area contributed by atoms with Crippen LogP contribution in [0.2, 0.25) is 0 Å². The number of rotatable bonds is 1. The Balaban J connectivity index is 2.35. The van der Waals surface area contributed by atoms with E-state index >= 15 is 0 Å². The van der Waals surface area contributed by atoms with Gasteiger partial charge in [-0.05, 0) is 55.7 Å². The van der Waals surface area contributed by atoms with Crippen molar-refractivity contribution in [3.63, 3.8) is 0 Å². The zero-order valence-electron chi connectivity index (χ0n) is 10.5. The fraction of sp³-hybridized carbons (Fsp3) is 0.533. The van der Waals surface area contributed by atoms with Gasteiger partial charge in [0.05, 0.1) is 11.5 Å². The number of benzene rings is 1. The molecule has 0 amide bonds. The van der Waals surface area contributed by atoms with Crippen molar-refractivity contribution in [2.75, 3.05) is 0 Å². The minimum Gasteiger partial charge on any atom is -0.207 e. The maximum absolute atomic E-state index is 13.6. The number of hydrogen-bond donors (Lipinski definition) is 0. The smallest absolute Gasteiger partial charge is 0.126 e. The Morgan fingerprint density at radius 2 is 2.00 bits per heavy atom. The first-order valence-corrected chi connectivity index (χ1v) is 6.25. The Labute approximate surface area is 102 Å². The van der Waals surface area contributed by atoms with Crippen LogP contribution in [0.1, 0.15) is 43.7 Å². The summed E-state index contributed by atoms with van der Waals surface area (Å²) in [7, 11) is 0. The highest BCUT2D eigenvalue weighted by Gasteiger charge is 2.36. The zero-order chi connectivity index (χ0) is 12.5. The summed E-state index contributed by atoms with van der Waals surface area (Å²) < 4.78 is 13.6. The maximum Gasteiger partial charge on any atom is 0.126 e. The number of nitriles is 1. The van der Waals surface area contributed by atoms with Crippen LogP contribution in [0.15, 0.2) is 18.2 Å². The van der Waals surface area contributed by atoms with Crippen LogP contribution in [-0.4, -0.2) is 0 Å². The van der Waals surface area contributed by atoms with Crippen LogP contribution in [0.5, 0.6) is 0 Å². The summed E-state index contributed by atoms with van der Waals surface area (Å²) in [5, 5.41) is 9.47. The average Bonchev–Trinajstić information content (AvgIpc) is 2.34. The molecule has 0 bridgehead atoms. The standard InChI is InChI=1S/C15H18FN/c1-11-5-7-15(10-17,8-6-11)13-4-3-12(2)14(16)9-13/h3-4,9,11H,5-8H2,1-2H3. The predicted molar refractivity (Wildman–Crippen MR) is 66.1 cm³/mol. The van der Waals surface area contributed by atoms with Gasteiger partial charge < -0.3 is 0 Å². The molecule has 0 spiro atoms. The molecule has 90 valence electrons. The Morgan fingerprint density at radius 3 is 2.53 bits per heavy atom. The second-order valence-corrected chi connectivity index (χ2v) is 5.34. The van der Waals surface area contributed by atoms with Crippen molar-refractivity contribution in [2.24, 2.45) is 5.92 Å². The summed E-state index contributed by atoms with van der Waals surface area (Å²) in [5.74, 6) is 0.488. The number of halogens is 1. The van der Waals surface area contributed by atoms with Crippen molar-refractivity contribution in [3.05, 3.63) is 35.1 Å². The fourth-order valence-corrected chi connectivity index (χ4v) is 2.61. The highest BCUT2D eigenvalue weighted by atomic mass is 19.1. The maximum atomic E-state index is 13.6. The molecule has 0 heterocycles. The van der Waals surface area contributed by atoms with Gasteiger partial charge in [-0.2, -0.15) is 5.26 Å². The Morgan fingerprint density at radius 1 is 1.35 bits per heavy atom. The quantitative estimate of drug-likeness (QED) is 0.713. The first-order valence-electron chi connectivity index (χ1n) is 6.25. The van der Waals surface area contributed by atoms with Gasteiger partial charge in [0, 0.05) is 0 Å². The van der Waals surface area contributed by atoms with Gasteiger partial charge in [0.15, 0.2) is 0 Å². The summed E-state index contributed by atoms with van der Waals surface area (Å²) >= 11 is 0. The van der Waals surface area contributed by atoms with Crippen LogP contribution in [-0.2, 0) is 5.41 Å². The van der Waals surface area contributed by atoms with Crippen LogP contribution in [0.3, 0.4) is 0 Å². The molecule has 0 saturated heterocycles. The van der Waals surface area contributed by atoms with Crippen LogP contribution >= 0.6 is 0 Å². The lowest BCUT2D eigenvalue weighted by Gasteiger charge is -2.34. The number of hydrogen-bond acceptors (Lipinski definition) is 1. The van der Waals surface area contributed by atoms with Gasteiger partial charge in [-0.25, -0.2) is 4.39 Å². The van der Waals surface area contributed by atoms with Crippen LogP contribution < -0.4 is 0 Å². The van der Waals surface area contributed by atoms with Gasteiger partial charge in [0.1, 0.15) is 5.82 Å². The highest BCUT2D eigenvalue weighted by molar-refractivity contribution is 5.35. The minimum absolute atomic E-state index is 0.198. The Bertz CT molecular complexity index is 450. The van der Waals surface area contributed by atoms with Crippen molar-refractivity contribution in [1.29, 1.82) is 5.26 Å². The third-order valence-corrected chi connectivity index (χ3v) is 4.07. The van der Waals surface area contributed by atoms with E-state index in [0.29, 0.717) is 11.5 Å². The highest BCUT2D eigenvalue weighted by Crippen LogP contribution is 2.41. The van der Waals surface area contributed by atoms with E-state index in [9.17, 15) is 9.65 Å². The van der Waals surface area contributed by atoms with Gasteiger partial charge in [-0.1, -0.05) is 19.1 Å². The van der Waals surface area contributed by atoms with Crippen molar-refractivity contribution < 1.29 is 4.39 Å². The lowest BCUT2D eigenvalue weighted by Crippen LogP contribution is -2.29. The van der Waals surface area contributed by atoms with Crippen molar-refractivity contribution in [3.8, 4) is 6.07 Å². The lowest BCUT2D eigenvalue weighted by atomic mass is 9.68. The molecule has 0 atom stereocenters. The summed E-state index contributed by atoms with van der Waals surface area (Å²) in [6.45, 7) is 3.97. The van der Waals surface area contributed by atoms with Crippen LogP contribution in [0, 0.1) is 30.0 Å². The monoisotopic (exact) mass is 231 g/mol. The first kappa shape index (κ1) is 12.1. The van der Waals surface area contributed by atoms with Gasteiger partial charge in [-0.3, -0.25) is 0 Å². The molecule has 0 N–H and O–H groups in total. The molecule has 1 aromatic carbocycles. The normalized spacial score (nSPS) is 28.7. The second kappa shape index (κ2) is 4.49. The van der Waals surface area contributed by atoms with E-state index in [4.69, 9.17) is 0 Å². The molecule has 0 radical (unpaired) electrons. The molecule has 2 rings (SSSR count). The van der Waals surface area contributed by atoms with Crippen molar-refractivity contribution in [1.82, 2.24) is 0 Å². The SMILES string of the molecule is Cc1ccc(C2(C#N)CCC(C)CC2)cc1F. The molecule has 1 aliphatic carbocycles. The molecule has 1 fully saturated rings. The molecule has 1 aliphatic rings. The Kier molecular flexibility index (Phi) is 3.19. The lowest BCUT2D eigenvalue weighted by molar-refractivity contribution is 0.294.